The van der Waals surface area contributed by atoms with Crippen LogP contribution in [0.2, 0.25) is 0 Å². The summed E-state index contributed by atoms with van der Waals surface area (Å²) < 4.78 is 6.36. The number of aromatic nitrogens is 5. The summed E-state index contributed by atoms with van der Waals surface area (Å²) in [5, 5.41) is 0. The Labute approximate surface area is 168 Å². The topological polar surface area (TPSA) is 83.3 Å². The van der Waals surface area contributed by atoms with E-state index < -0.39 is 11.2 Å². The quantitative estimate of drug-likeness (QED) is 0.677. The Kier molecular flexibility index (Phi) is 4.36. The Morgan fingerprint density at radius 2 is 1.97 bits per heavy atom. The third-order valence-electron chi connectivity index (χ3n) is 6.18. The first kappa shape index (κ1) is 19.7. The van der Waals surface area contributed by atoms with Crippen molar-refractivity contribution < 1.29 is 4.79 Å². The summed E-state index contributed by atoms with van der Waals surface area (Å²) in [6.45, 7) is 10.1. The maximum Gasteiger partial charge on any atom is 0.332 e. The predicted octanol–water partition coefficient (Wildman–Crippen LogP) is 2.43. The van der Waals surface area contributed by atoms with Crippen molar-refractivity contribution in [3.05, 3.63) is 32.7 Å². The molecule has 0 unspecified atom stereocenters. The number of nitrogens with zero attached hydrogens (tertiary/aromatic N) is 5. The van der Waals surface area contributed by atoms with Crippen LogP contribution in [-0.4, -0.2) is 28.9 Å². The molecule has 1 aliphatic rings. The average Bonchev–Trinajstić information content (AvgIpc) is 3.09. The summed E-state index contributed by atoms with van der Waals surface area (Å²) in [7, 11) is 1.59. The Morgan fingerprint density at radius 1 is 1.28 bits per heavy atom. The second kappa shape index (κ2) is 6.43. The summed E-state index contributed by atoms with van der Waals surface area (Å²) in [6.07, 6.45) is 5.21. The van der Waals surface area contributed by atoms with Crippen LogP contribution in [0.3, 0.4) is 0 Å². The van der Waals surface area contributed by atoms with Gasteiger partial charge in [0, 0.05) is 25.0 Å². The van der Waals surface area contributed by atoms with Gasteiger partial charge in [0.2, 0.25) is 5.78 Å². The van der Waals surface area contributed by atoms with Gasteiger partial charge >= 0.3 is 5.69 Å². The molecule has 1 aliphatic carbocycles. The maximum absolute atomic E-state index is 13.1. The molecule has 8 heteroatoms. The minimum absolute atomic E-state index is 0.233. The van der Waals surface area contributed by atoms with Crippen LogP contribution < -0.4 is 11.2 Å². The largest absolute Gasteiger partial charge is 0.332 e. The average molecular weight is 399 g/mol. The van der Waals surface area contributed by atoms with E-state index in [0.29, 0.717) is 28.9 Å². The van der Waals surface area contributed by atoms with Gasteiger partial charge in [0.15, 0.2) is 11.2 Å². The summed E-state index contributed by atoms with van der Waals surface area (Å²) in [4.78, 5) is 42.0. The van der Waals surface area contributed by atoms with Crippen LogP contribution in [-0.2, 0) is 18.4 Å². The van der Waals surface area contributed by atoms with Crippen molar-refractivity contribution in [3.8, 4) is 0 Å². The van der Waals surface area contributed by atoms with E-state index in [1.165, 1.54) is 17.9 Å². The number of rotatable bonds is 3. The molecule has 3 heterocycles. The molecule has 29 heavy (non-hydrogen) atoms. The number of imidazole rings is 2. The lowest BCUT2D eigenvalue weighted by Crippen LogP contribution is -2.40. The normalized spacial score (nSPS) is 21.9. The molecule has 0 radical (unpaired) electrons. The van der Waals surface area contributed by atoms with Crippen molar-refractivity contribution in [2.75, 3.05) is 0 Å². The highest BCUT2D eigenvalue weighted by Gasteiger charge is 2.34. The number of carbonyl (C=O) groups excluding carboxylic acids is 1. The van der Waals surface area contributed by atoms with Gasteiger partial charge in [-0.1, -0.05) is 20.8 Å². The molecule has 0 spiro atoms. The van der Waals surface area contributed by atoms with Crippen molar-refractivity contribution in [3.63, 3.8) is 0 Å². The number of aryl methyl sites for hydroxylation is 2. The van der Waals surface area contributed by atoms with E-state index in [1.54, 1.807) is 11.4 Å². The fraction of sp³-hybridized carbons (Fsp3) is 0.619. The Morgan fingerprint density at radius 3 is 2.59 bits per heavy atom. The van der Waals surface area contributed by atoms with Gasteiger partial charge in [-0.15, -0.1) is 0 Å². The van der Waals surface area contributed by atoms with Gasteiger partial charge in [0.05, 0.1) is 6.54 Å². The molecular formula is C21H29N5O3. The van der Waals surface area contributed by atoms with Crippen LogP contribution in [0, 0.1) is 18.3 Å². The van der Waals surface area contributed by atoms with Gasteiger partial charge in [0.25, 0.3) is 5.56 Å². The van der Waals surface area contributed by atoms with Gasteiger partial charge in [-0.3, -0.25) is 23.1 Å². The van der Waals surface area contributed by atoms with Crippen LogP contribution in [0.15, 0.2) is 15.8 Å². The van der Waals surface area contributed by atoms with Gasteiger partial charge in [0.1, 0.15) is 5.78 Å². The maximum atomic E-state index is 13.1. The lowest BCUT2D eigenvalue weighted by atomic mass is 9.70. The molecule has 0 saturated heterocycles. The fourth-order valence-electron chi connectivity index (χ4n) is 5.33. The molecular weight excluding hydrogens is 370 g/mol. The van der Waals surface area contributed by atoms with Crippen LogP contribution in [0.5, 0.6) is 0 Å². The first-order valence-electron chi connectivity index (χ1n) is 10.2. The highest BCUT2D eigenvalue weighted by molar-refractivity contribution is 5.78. The molecule has 0 N–H and O–H groups in total. The van der Waals surface area contributed by atoms with Crippen LogP contribution >= 0.6 is 0 Å². The number of hydrogen-bond acceptors (Lipinski definition) is 4. The number of fused-ring (bicyclic) bond motifs is 3. The van der Waals surface area contributed by atoms with E-state index >= 15 is 0 Å². The zero-order valence-electron chi connectivity index (χ0n) is 18.0. The summed E-state index contributed by atoms with van der Waals surface area (Å²) >= 11 is 0. The third kappa shape index (κ3) is 3.05. The number of hydrogen-bond donors (Lipinski definition) is 0. The fourth-order valence-corrected chi connectivity index (χ4v) is 5.33. The monoisotopic (exact) mass is 399 g/mol. The van der Waals surface area contributed by atoms with Gasteiger partial charge in [-0.2, -0.15) is 4.98 Å². The van der Waals surface area contributed by atoms with E-state index in [2.05, 4.69) is 25.3 Å². The minimum Gasteiger partial charge on any atom is -0.311 e. The zero-order valence-corrected chi connectivity index (χ0v) is 18.0. The standard InChI is InChI=1S/C21H29N5O3/c1-12-7-15(9-21(4,5)8-12)26-13(2)10-24-16-17(22-19(24)26)23(6)20(29)25(18(16)28)11-14(3)27/h10,12,15H,7-9,11H2,1-6H3/t12-,15+/m1/s1. The SMILES string of the molecule is CC(=O)Cn1c(=O)c2c(nc3n([C@H]4C[C@@H](C)CC(C)(C)C4)c(C)cn23)n(C)c1=O. The first-order valence-corrected chi connectivity index (χ1v) is 10.2. The van der Waals surface area contributed by atoms with Gasteiger partial charge in [-0.05, 0) is 44.4 Å². The minimum atomic E-state index is -0.519. The number of ketones is 1. The van der Waals surface area contributed by atoms with Crippen molar-refractivity contribution in [1.29, 1.82) is 0 Å². The van der Waals surface area contributed by atoms with Crippen molar-refractivity contribution in [2.24, 2.45) is 18.4 Å². The Bertz CT molecular complexity index is 1250. The van der Waals surface area contributed by atoms with E-state index in [4.69, 9.17) is 4.98 Å². The molecule has 0 amide bonds. The van der Waals surface area contributed by atoms with E-state index in [1.807, 2.05) is 13.1 Å². The zero-order chi connectivity index (χ0) is 21.2. The van der Waals surface area contributed by atoms with Crippen LogP contribution in [0.25, 0.3) is 16.9 Å². The lowest BCUT2D eigenvalue weighted by Gasteiger charge is -2.39. The summed E-state index contributed by atoms with van der Waals surface area (Å²) in [5.74, 6) is 1.05. The first-order chi connectivity index (χ1) is 13.5. The molecule has 4 rings (SSSR count). The second-order valence-corrected chi connectivity index (χ2v) is 9.60. The molecule has 1 fully saturated rings. The van der Waals surface area contributed by atoms with Crippen LogP contribution in [0.1, 0.15) is 58.7 Å². The second-order valence-electron chi connectivity index (χ2n) is 9.60. The predicted molar refractivity (Wildman–Crippen MR) is 111 cm³/mol. The Balaban J connectivity index is 2.00. The molecule has 0 bridgehead atoms. The summed E-state index contributed by atoms with van der Waals surface area (Å²) in [6, 6.07) is 0.291. The van der Waals surface area contributed by atoms with E-state index in [9.17, 15) is 14.4 Å². The van der Waals surface area contributed by atoms with Crippen molar-refractivity contribution in [2.45, 2.75) is 66.5 Å². The van der Waals surface area contributed by atoms with Crippen LogP contribution in [0.4, 0.5) is 0 Å². The molecule has 156 valence electrons. The molecule has 3 aromatic heterocycles. The number of carbonyl (C=O) groups is 1. The smallest absolute Gasteiger partial charge is 0.311 e. The molecule has 1 saturated carbocycles. The molecule has 8 nitrogen and oxygen atoms in total. The highest BCUT2D eigenvalue weighted by Crippen LogP contribution is 2.44. The highest BCUT2D eigenvalue weighted by atomic mass is 16.2. The van der Waals surface area contributed by atoms with Gasteiger partial charge in [-0.25, -0.2) is 4.79 Å². The van der Waals surface area contributed by atoms with Gasteiger partial charge < -0.3 is 4.57 Å². The third-order valence-corrected chi connectivity index (χ3v) is 6.18. The molecule has 0 aromatic carbocycles. The number of Topliss-reactive ketones (excluding diaryl/α,β-unsaturated/α-hetero) is 1. The summed E-state index contributed by atoms with van der Waals surface area (Å²) in [5.41, 5.74) is 0.980. The molecule has 2 atom stereocenters. The van der Waals surface area contributed by atoms with Crippen molar-refractivity contribution >= 4 is 22.7 Å². The Hall–Kier alpha value is -2.64. The van der Waals surface area contributed by atoms with E-state index in [0.717, 1.165) is 23.1 Å². The van der Waals surface area contributed by atoms with Crippen molar-refractivity contribution in [1.82, 2.24) is 23.1 Å². The molecule has 0 aliphatic heterocycles. The lowest BCUT2D eigenvalue weighted by molar-refractivity contribution is -0.117. The molecule has 3 aromatic rings. The van der Waals surface area contributed by atoms with E-state index in [-0.39, 0.29) is 17.7 Å².